The first-order valence-electron chi connectivity index (χ1n) is 10.0. The number of benzene rings is 2. The zero-order valence-electron chi connectivity index (χ0n) is 17.5. The van der Waals surface area contributed by atoms with E-state index in [0.717, 1.165) is 34.2 Å². The van der Waals surface area contributed by atoms with Crippen LogP contribution in [0.1, 0.15) is 34.3 Å². The molecule has 1 aliphatic rings. The van der Waals surface area contributed by atoms with Crippen molar-refractivity contribution in [2.45, 2.75) is 38.1 Å². The molecule has 2 aromatic carbocycles. The summed E-state index contributed by atoms with van der Waals surface area (Å²) in [5, 5.41) is 0. The molecule has 8 heteroatoms. The van der Waals surface area contributed by atoms with Gasteiger partial charge in [-0.1, -0.05) is 23.3 Å². The Morgan fingerprint density at radius 1 is 1.16 bits per heavy atom. The number of carbonyl (C=O) groups is 1. The molecule has 0 unspecified atom stereocenters. The number of carbonyl (C=O) groups excluding carboxylic acids is 1. The quantitative estimate of drug-likeness (QED) is 0.568. The topological polar surface area (TPSA) is 71.7 Å². The molecule has 3 aromatic rings. The van der Waals surface area contributed by atoms with Gasteiger partial charge >= 0.3 is 0 Å². The van der Waals surface area contributed by atoms with Gasteiger partial charge in [0.2, 0.25) is 10.0 Å². The second kappa shape index (κ2) is 8.42. The molecule has 0 saturated carbocycles. The van der Waals surface area contributed by atoms with Gasteiger partial charge in [0.25, 0.3) is 5.91 Å². The van der Waals surface area contributed by atoms with Gasteiger partial charge in [0.05, 0.1) is 21.7 Å². The van der Waals surface area contributed by atoms with E-state index in [0.29, 0.717) is 30.0 Å². The number of amides is 1. The van der Waals surface area contributed by atoms with Crippen molar-refractivity contribution in [2.24, 2.45) is 4.99 Å². The molecule has 2 heterocycles. The van der Waals surface area contributed by atoms with Crippen LogP contribution in [0.3, 0.4) is 0 Å². The molecule has 1 aromatic heterocycles. The summed E-state index contributed by atoms with van der Waals surface area (Å²) in [6.07, 6.45) is 7.30. The van der Waals surface area contributed by atoms with Crippen molar-refractivity contribution >= 4 is 37.5 Å². The Kier molecular flexibility index (Phi) is 5.84. The summed E-state index contributed by atoms with van der Waals surface area (Å²) in [5.74, 6) is 2.20. The lowest BCUT2D eigenvalue weighted by molar-refractivity contribution is 0.0998. The maximum atomic E-state index is 12.8. The Morgan fingerprint density at radius 2 is 1.84 bits per heavy atom. The number of fused-ring (bicyclic) bond motifs is 1. The van der Waals surface area contributed by atoms with Gasteiger partial charge in [0.1, 0.15) is 0 Å². The van der Waals surface area contributed by atoms with Crippen LogP contribution in [0.4, 0.5) is 0 Å². The summed E-state index contributed by atoms with van der Waals surface area (Å²) in [4.78, 5) is 17.9. The lowest BCUT2D eigenvalue weighted by atomic mass is 10.1. The van der Waals surface area contributed by atoms with Crippen LogP contribution in [0.5, 0.6) is 0 Å². The van der Waals surface area contributed by atoms with Crippen molar-refractivity contribution < 1.29 is 13.2 Å². The molecule has 6 nitrogen and oxygen atoms in total. The van der Waals surface area contributed by atoms with Crippen molar-refractivity contribution in [2.75, 3.05) is 13.1 Å². The summed E-state index contributed by atoms with van der Waals surface area (Å²) in [6, 6.07) is 10.1. The second-order valence-electron chi connectivity index (χ2n) is 7.66. The van der Waals surface area contributed by atoms with Crippen LogP contribution in [0.25, 0.3) is 10.2 Å². The van der Waals surface area contributed by atoms with Crippen LogP contribution >= 0.6 is 11.3 Å². The zero-order chi connectivity index (χ0) is 22.2. The lowest BCUT2D eigenvalue weighted by Gasteiger charge is -2.15. The first kappa shape index (κ1) is 21.5. The minimum Gasteiger partial charge on any atom is -0.305 e. The number of sulfonamides is 1. The van der Waals surface area contributed by atoms with Gasteiger partial charge in [-0.05, 0) is 68.1 Å². The van der Waals surface area contributed by atoms with Crippen LogP contribution in [0.2, 0.25) is 0 Å². The summed E-state index contributed by atoms with van der Waals surface area (Å²) in [7, 11) is -3.51. The standard InChI is InChI=1S/C23H23N3O3S2/c1-4-11-26-20-15-16(2)14-17(3)21(20)30-23(26)24-22(27)18-7-9-19(10-8-18)31(28,29)25-12-5-6-13-25/h1,7-10,14-15H,5-6,11-13H2,2-3H3. The minimum atomic E-state index is -3.51. The Labute approximate surface area is 185 Å². The highest BCUT2D eigenvalue weighted by atomic mass is 32.2. The van der Waals surface area contributed by atoms with Gasteiger partial charge < -0.3 is 4.57 Å². The maximum Gasteiger partial charge on any atom is 0.279 e. The van der Waals surface area contributed by atoms with Gasteiger partial charge in [-0.3, -0.25) is 4.79 Å². The first-order valence-corrected chi connectivity index (χ1v) is 12.3. The maximum absolute atomic E-state index is 12.8. The third-order valence-corrected chi connectivity index (χ3v) is 8.51. The van der Waals surface area contributed by atoms with Crippen LogP contribution in [-0.2, 0) is 16.6 Å². The number of nitrogens with zero attached hydrogens (tertiary/aromatic N) is 3. The smallest absolute Gasteiger partial charge is 0.279 e. The summed E-state index contributed by atoms with van der Waals surface area (Å²) < 4.78 is 29.7. The van der Waals surface area contributed by atoms with E-state index in [1.165, 1.54) is 39.9 Å². The highest BCUT2D eigenvalue weighted by Gasteiger charge is 2.27. The van der Waals surface area contributed by atoms with Gasteiger partial charge in [0.15, 0.2) is 4.80 Å². The molecule has 0 atom stereocenters. The number of hydrogen-bond donors (Lipinski definition) is 0. The molecule has 1 fully saturated rings. The number of thiazole rings is 1. The number of rotatable bonds is 4. The Hall–Kier alpha value is -2.73. The number of terminal acetylenes is 1. The fourth-order valence-electron chi connectivity index (χ4n) is 3.84. The van der Waals surface area contributed by atoms with Crippen LogP contribution in [0.15, 0.2) is 46.3 Å². The molecule has 4 rings (SSSR count). The summed E-state index contributed by atoms with van der Waals surface area (Å²) in [6.45, 7) is 5.43. The van der Waals surface area contributed by atoms with E-state index in [9.17, 15) is 13.2 Å². The highest BCUT2D eigenvalue weighted by Crippen LogP contribution is 2.24. The predicted octanol–water partition coefficient (Wildman–Crippen LogP) is 3.48. The molecule has 0 spiro atoms. The third kappa shape index (κ3) is 4.09. The number of aromatic nitrogens is 1. The molecular weight excluding hydrogens is 430 g/mol. The molecule has 1 amide bonds. The van der Waals surface area contributed by atoms with Gasteiger partial charge in [0, 0.05) is 18.7 Å². The average Bonchev–Trinajstić information content (AvgIpc) is 3.39. The SMILES string of the molecule is C#CCn1c(=NC(=O)c2ccc(S(=O)(=O)N3CCCC3)cc2)sc2c(C)cc(C)cc21. The van der Waals surface area contributed by atoms with Crippen LogP contribution in [-0.4, -0.2) is 36.3 Å². The van der Waals surface area contributed by atoms with Crippen LogP contribution < -0.4 is 4.80 Å². The Bertz CT molecular complexity index is 1370. The van der Waals surface area contributed by atoms with E-state index < -0.39 is 15.9 Å². The molecule has 31 heavy (non-hydrogen) atoms. The molecule has 0 radical (unpaired) electrons. The lowest BCUT2D eigenvalue weighted by Crippen LogP contribution is -2.27. The zero-order valence-corrected chi connectivity index (χ0v) is 19.1. The number of aryl methyl sites for hydroxylation is 2. The average molecular weight is 454 g/mol. The fraction of sp³-hybridized carbons (Fsp3) is 0.304. The van der Waals surface area contributed by atoms with Crippen molar-refractivity contribution in [1.82, 2.24) is 8.87 Å². The Morgan fingerprint density at radius 3 is 2.48 bits per heavy atom. The van der Waals surface area contributed by atoms with Gasteiger partial charge in [-0.25, -0.2) is 8.42 Å². The van der Waals surface area contributed by atoms with Gasteiger partial charge in [-0.15, -0.1) is 6.42 Å². The molecular formula is C23H23N3O3S2. The van der Waals surface area contributed by atoms with E-state index in [2.05, 4.69) is 17.0 Å². The molecule has 0 N–H and O–H groups in total. The van der Waals surface area contributed by atoms with Crippen molar-refractivity contribution in [3.8, 4) is 12.3 Å². The van der Waals surface area contributed by atoms with E-state index in [1.54, 1.807) is 0 Å². The molecule has 160 valence electrons. The summed E-state index contributed by atoms with van der Waals surface area (Å²) >= 11 is 1.42. The van der Waals surface area contributed by atoms with E-state index in [1.807, 2.05) is 24.5 Å². The molecule has 0 bridgehead atoms. The molecule has 0 aliphatic carbocycles. The largest absolute Gasteiger partial charge is 0.305 e. The minimum absolute atomic E-state index is 0.196. The predicted molar refractivity (Wildman–Crippen MR) is 122 cm³/mol. The molecule has 1 saturated heterocycles. The van der Waals surface area contributed by atoms with Crippen molar-refractivity contribution in [1.29, 1.82) is 0 Å². The van der Waals surface area contributed by atoms with E-state index in [-0.39, 0.29) is 4.90 Å². The normalized spacial score (nSPS) is 15.5. The van der Waals surface area contributed by atoms with E-state index in [4.69, 9.17) is 6.42 Å². The van der Waals surface area contributed by atoms with Crippen molar-refractivity contribution in [3.05, 3.63) is 57.9 Å². The second-order valence-corrected chi connectivity index (χ2v) is 10.6. The number of hydrogen-bond acceptors (Lipinski definition) is 4. The van der Waals surface area contributed by atoms with Crippen LogP contribution in [0, 0.1) is 26.2 Å². The Balaban J connectivity index is 1.71. The fourth-order valence-corrected chi connectivity index (χ4v) is 6.44. The molecule has 1 aliphatic heterocycles. The van der Waals surface area contributed by atoms with Crippen molar-refractivity contribution in [3.63, 3.8) is 0 Å². The first-order chi connectivity index (χ1) is 14.8. The third-order valence-electron chi connectivity index (χ3n) is 5.37. The van der Waals surface area contributed by atoms with Gasteiger partial charge in [-0.2, -0.15) is 9.30 Å². The highest BCUT2D eigenvalue weighted by molar-refractivity contribution is 7.89. The van der Waals surface area contributed by atoms with E-state index >= 15 is 0 Å². The monoisotopic (exact) mass is 453 g/mol. The summed E-state index contributed by atoms with van der Waals surface area (Å²) in [5.41, 5.74) is 3.51.